The summed E-state index contributed by atoms with van der Waals surface area (Å²) in [5.41, 5.74) is 4.70. The van der Waals surface area contributed by atoms with Crippen LogP contribution >= 0.6 is 0 Å². The lowest BCUT2D eigenvalue weighted by Gasteiger charge is -2.32. The third-order valence-electron chi connectivity index (χ3n) is 6.01. The molecule has 0 aliphatic carbocycles. The van der Waals surface area contributed by atoms with Crippen molar-refractivity contribution in [2.24, 2.45) is 0 Å². The normalized spacial score (nSPS) is 16.6. The van der Waals surface area contributed by atoms with Crippen molar-refractivity contribution >= 4 is 17.6 Å². The number of likely N-dealkylation sites (N-methyl/N-ethyl adjacent to an activating group) is 1. The lowest BCUT2D eigenvalue weighted by Crippen LogP contribution is -2.44. The summed E-state index contributed by atoms with van der Waals surface area (Å²) in [5.74, 6) is 1.38. The molecule has 0 radical (unpaired) electrons. The van der Waals surface area contributed by atoms with E-state index in [2.05, 4.69) is 74.0 Å². The van der Waals surface area contributed by atoms with Crippen LogP contribution in [0.4, 0.5) is 17.6 Å². The van der Waals surface area contributed by atoms with Gasteiger partial charge in [0.15, 0.2) is 0 Å². The van der Waals surface area contributed by atoms with Crippen molar-refractivity contribution in [3.8, 4) is 5.69 Å². The molecule has 1 aromatic heterocycles. The van der Waals surface area contributed by atoms with Crippen LogP contribution in [0.1, 0.15) is 17.5 Å². The molecule has 2 aliphatic rings. The second-order valence-electron chi connectivity index (χ2n) is 8.22. The Hall–Kier alpha value is -2.90. The second kappa shape index (κ2) is 8.45. The van der Waals surface area contributed by atoms with Crippen molar-refractivity contribution in [1.82, 2.24) is 24.6 Å². The number of aromatic nitrogens is 3. The number of para-hydroxylation sites is 1. The Balaban J connectivity index is 1.17. The standard InChI is InChI=1S/C23H29N7/c1-28-13-15-29(16-14-28)12-4-5-18-8-10-20(11-9-18)25-22-26-23-24-17-19-6-2-3-7-21(19)30(23)27-22/h2-3,6-11H,4-5,12-17H2,1H3,(H2,24,25,26,27). The third-order valence-corrected chi connectivity index (χ3v) is 6.01. The van der Waals surface area contributed by atoms with Crippen LogP contribution in [0.2, 0.25) is 0 Å². The predicted molar refractivity (Wildman–Crippen MR) is 121 cm³/mol. The van der Waals surface area contributed by atoms with E-state index >= 15 is 0 Å². The largest absolute Gasteiger partial charge is 0.350 e. The number of rotatable bonds is 6. The van der Waals surface area contributed by atoms with Gasteiger partial charge in [-0.15, -0.1) is 5.10 Å². The molecule has 1 fully saturated rings. The van der Waals surface area contributed by atoms with Crippen LogP contribution in [0, 0.1) is 0 Å². The van der Waals surface area contributed by atoms with E-state index < -0.39 is 0 Å². The average molecular weight is 404 g/mol. The first-order valence-corrected chi connectivity index (χ1v) is 10.8. The number of nitrogens with one attached hydrogen (secondary N) is 2. The molecule has 3 aromatic rings. The van der Waals surface area contributed by atoms with Gasteiger partial charge in [0, 0.05) is 38.4 Å². The molecule has 7 heteroatoms. The summed E-state index contributed by atoms with van der Waals surface area (Å²) in [6, 6.07) is 16.9. The van der Waals surface area contributed by atoms with Crippen LogP contribution in [0.5, 0.6) is 0 Å². The van der Waals surface area contributed by atoms with Gasteiger partial charge in [0.1, 0.15) is 0 Å². The first-order chi connectivity index (χ1) is 14.7. The maximum absolute atomic E-state index is 4.64. The molecule has 0 amide bonds. The molecule has 2 aromatic carbocycles. The van der Waals surface area contributed by atoms with Gasteiger partial charge in [-0.3, -0.25) is 0 Å². The van der Waals surface area contributed by atoms with Gasteiger partial charge in [0.25, 0.3) is 0 Å². The van der Waals surface area contributed by atoms with Crippen LogP contribution in [0.25, 0.3) is 5.69 Å². The third kappa shape index (κ3) is 4.17. The Bertz CT molecular complexity index is 987. The zero-order valence-corrected chi connectivity index (χ0v) is 17.5. The van der Waals surface area contributed by atoms with Crippen LogP contribution in [0.3, 0.4) is 0 Å². The Labute approximate surface area is 177 Å². The number of anilines is 3. The maximum Gasteiger partial charge on any atom is 0.248 e. The molecule has 0 bridgehead atoms. The smallest absolute Gasteiger partial charge is 0.248 e. The number of nitrogens with zero attached hydrogens (tertiary/aromatic N) is 5. The highest BCUT2D eigenvalue weighted by Gasteiger charge is 2.18. The maximum atomic E-state index is 4.64. The molecule has 7 nitrogen and oxygen atoms in total. The van der Waals surface area contributed by atoms with Crippen molar-refractivity contribution in [2.75, 3.05) is 50.4 Å². The first kappa shape index (κ1) is 19.1. The van der Waals surface area contributed by atoms with E-state index in [1.165, 1.54) is 50.3 Å². The van der Waals surface area contributed by atoms with Crippen molar-refractivity contribution in [3.05, 3.63) is 59.7 Å². The monoisotopic (exact) mass is 403 g/mol. The molecular formula is C23H29N7. The van der Waals surface area contributed by atoms with E-state index in [1.54, 1.807) is 0 Å². The van der Waals surface area contributed by atoms with Crippen LogP contribution in [-0.4, -0.2) is 64.3 Å². The second-order valence-corrected chi connectivity index (χ2v) is 8.22. The summed E-state index contributed by atoms with van der Waals surface area (Å²) in [4.78, 5) is 9.58. The average Bonchev–Trinajstić information content (AvgIpc) is 3.19. The van der Waals surface area contributed by atoms with Crippen LogP contribution in [-0.2, 0) is 13.0 Å². The molecule has 0 atom stereocenters. The fourth-order valence-electron chi connectivity index (χ4n) is 4.15. The summed E-state index contributed by atoms with van der Waals surface area (Å²) in [6.45, 7) is 6.73. The predicted octanol–water partition coefficient (Wildman–Crippen LogP) is 3.12. The van der Waals surface area contributed by atoms with E-state index in [9.17, 15) is 0 Å². The minimum atomic E-state index is 0.608. The van der Waals surface area contributed by atoms with Gasteiger partial charge in [-0.05, 0) is 55.8 Å². The number of piperazine rings is 1. The molecular weight excluding hydrogens is 374 g/mol. The fourth-order valence-corrected chi connectivity index (χ4v) is 4.15. The fraction of sp³-hybridized carbons (Fsp3) is 0.391. The summed E-state index contributed by atoms with van der Waals surface area (Å²) in [5, 5.41) is 11.3. The molecule has 0 spiro atoms. The molecule has 2 aliphatic heterocycles. The van der Waals surface area contributed by atoms with Crippen molar-refractivity contribution < 1.29 is 0 Å². The molecule has 0 unspecified atom stereocenters. The first-order valence-electron chi connectivity index (χ1n) is 10.8. The van der Waals surface area contributed by atoms with E-state index in [1.807, 2.05) is 16.8 Å². The van der Waals surface area contributed by atoms with E-state index in [-0.39, 0.29) is 0 Å². The molecule has 5 rings (SSSR count). The van der Waals surface area contributed by atoms with Gasteiger partial charge >= 0.3 is 0 Å². The van der Waals surface area contributed by atoms with E-state index in [0.29, 0.717) is 5.95 Å². The van der Waals surface area contributed by atoms with Gasteiger partial charge in [-0.2, -0.15) is 9.67 Å². The summed E-state index contributed by atoms with van der Waals surface area (Å²) in [6.07, 6.45) is 2.32. The zero-order valence-electron chi connectivity index (χ0n) is 17.5. The Morgan fingerprint density at radius 1 is 1.00 bits per heavy atom. The number of hydrogen-bond donors (Lipinski definition) is 2. The molecule has 0 saturated carbocycles. The number of benzene rings is 2. The van der Waals surface area contributed by atoms with Crippen molar-refractivity contribution in [1.29, 1.82) is 0 Å². The summed E-state index contributed by atoms with van der Waals surface area (Å²) < 4.78 is 1.87. The number of hydrogen-bond acceptors (Lipinski definition) is 6. The van der Waals surface area contributed by atoms with Crippen LogP contribution in [0.15, 0.2) is 48.5 Å². The summed E-state index contributed by atoms with van der Waals surface area (Å²) >= 11 is 0. The SMILES string of the molecule is CN1CCN(CCCc2ccc(Nc3nc4n(n3)-c3ccccc3CN4)cc2)CC1. The van der Waals surface area contributed by atoms with Crippen molar-refractivity contribution in [3.63, 3.8) is 0 Å². The van der Waals surface area contributed by atoms with E-state index in [0.717, 1.165) is 30.3 Å². The molecule has 1 saturated heterocycles. The van der Waals surface area contributed by atoms with Crippen LogP contribution < -0.4 is 10.6 Å². The van der Waals surface area contributed by atoms with Gasteiger partial charge in [0.2, 0.25) is 11.9 Å². The Kier molecular flexibility index (Phi) is 5.38. The van der Waals surface area contributed by atoms with Gasteiger partial charge in [-0.1, -0.05) is 30.3 Å². The summed E-state index contributed by atoms with van der Waals surface area (Å²) in [7, 11) is 2.21. The minimum Gasteiger partial charge on any atom is -0.350 e. The number of fused-ring (bicyclic) bond motifs is 3. The van der Waals surface area contributed by atoms with E-state index in [4.69, 9.17) is 0 Å². The van der Waals surface area contributed by atoms with Gasteiger partial charge in [-0.25, -0.2) is 0 Å². The highest BCUT2D eigenvalue weighted by atomic mass is 15.4. The topological polar surface area (TPSA) is 61.2 Å². The quantitative estimate of drug-likeness (QED) is 0.660. The Morgan fingerprint density at radius 3 is 2.63 bits per heavy atom. The lowest BCUT2D eigenvalue weighted by molar-refractivity contribution is 0.153. The highest BCUT2D eigenvalue weighted by molar-refractivity contribution is 5.58. The highest BCUT2D eigenvalue weighted by Crippen LogP contribution is 2.26. The zero-order chi connectivity index (χ0) is 20.3. The van der Waals surface area contributed by atoms with Gasteiger partial charge in [0.05, 0.1) is 5.69 Å². The number of aryl methyl sites for hydroxylation is 1. The molecule has 3 heterocycles. The molecule has 2 N–H and O–H groups in total. The molecule has 30 heavy (non-hydrogen) atoms. The minimum absolute atomic E-state index is 0.608. The van der Waals surface area contributed by atoms with Gasteiger partial charge < -0.3 is 20.4 Å². The molecule has 156 valence electrons. The lowest BCUT2D eigenvalue weighted by atomic mass is 10.1. The Morgan fingerprint density at radius 2 is 1.80 bits per heavy atom. The van der Waals surface area contributed by atoms with Crippen molar-refractivity contribution in [2.45, 2.75) is 19.4 Å².